The summed E-state index contributed by atoms with van der Waals surface area (Å²) >= 11 is 0. The lowest BCUT2D eigenvalue weighted by atomic mass is 10.0. The second-order valence-electron chi connectivity index (χ2n) is 6.51. The SMILES string of the molecule is CCc1nnc2n(-c3ccc(C(C)C)cc3)c(=O)c3ccccc3n12. The highest BCUT2D eigenvalue weighted by atomic mass is 16.1. The standard InChI is InChI=1S/C20H20N4O/c1-4-18-21-22-20-23(15-11-9-14(10-12-15)13(2)3)19(25)16-7-5-6-8-17(16)24(18)20/h5-13H,4H2,1-3H3. The van der Waals surface area contributed by atoms with Crippen LogP contribution in [-0.4, -0.2) is 19.2 Å². The topological polar surface area (TPSA) is 52.2 Å². The molecule has 2 aromatic heterocycles. The maximum absolute atomic E-state index is 13.1. The molecule has 0 atom stereocenters. The van der Waals surface area contributed by atoms with Gasteiger partial charge in [0.25, 0.3) is 5.56 Å². The highest BCUT2D eigenvalue weighted by Gasteiger charge is 2.16. The van der Waals surface area contributed by atoms with Crippen LogP contribution >= 0.6 is 0 Å². The van der Waals surface area contributed by atoms with Gasteiger partial charge in [0.2, 0.25) is 5.78 Å². The van der Waals surface area contributed by atoms with Gasteiger partial charge in [-0.2, -0.15) is 0 Å². The first-order chi connectivity index (χ1) is 12.1. The van der Waals surface area contributed by atoms with Crippen LogP contribution in [0.4, 0.5) is 0 Å². The summed E-state index contributed by atoms with van der Waals surface area (Å²) in [5.41, 5.74) is 2.82. The van der Waals surface area contributed by atoms with Gasteiger partial charge in [-0.05, 0) is 35.7 Å². The van der Waals surface area contributed by atoms with Crippen molar-refractivity contribution < 1.29 is 0 Å². The Balaban J connectivity index is 2.10. The van der Waals surface area contributed by atoms with Crippen molar-refractivity contribution in [3.05, 3.63) is 70.3 Å². The number of rotatable bonds is 3. The predicted octanol–water partition coefficient (Wildman–Crippen LogP) is 3.72. The van der Waals surface area contributed by atoms with E-state index in [0.29, 0.717) is 17.1 Å². The summed E-state index contributed by atoms with van der Waals surface area (Å²) in [7, 11) is 0. The van der Waals surface area contributed by atoms with Crippen LogP contribution < -0.4 is 5.56 Å². The Labute approximate surface area is 145 Å². The lowest BCUT2D eigenvalue weighted by molar-refractivity contribution is 0.864. The van der Waals surface area contributed by atoms with Gasteiger partial charge < -0.3 is 0 Å². The van der Waals surface area contributed by atoms with E-state index in [1.54, 1.807) is 4.57 Å². The minimum atomic E-state index is -0.0737. The van der Waals surface area contributed by atoms with Crippen molar-refractivity contribution in [2.45, 2.75) is 33.1 Å². The molecule has 0 saturated heterocycles. The Morgan fingerprint density at radius 3 is 2.40 bits per heavy atom. The van der Waals surface area contributed by atoms with E-state index in [1.807, 2.05) is 47.7 Å². The average Bonchev–Trinajstić information content (AvgIpc) is 3.06. The van der Waals surface area contributed by atoms with Gasteiger partial charge >= 0.3 is 0 Å². The molecule has 4 aromatic rings. The fraction of sp³-hybridized carbons (Fsp3) is 0.250. The van der Waals surface area contributed by atoms with E-state index >= 15 is 0 Å². The molecule has 0 saturated carbocycles. The van der Waals surface area contributed by atoms with E-state index in [-0.39, 0.29) is 5.56 Å². The number of aryl methyl sites for hydroxylation is 1. The molecule has 25 heavy (non-hydrogen) atoms. The van der Waals surface area contributed by atoms with Gasteiger partial charge in [-0.3, -0.25) is 9.20 Å². The molecule has 0 aliphatic carbocycles. The van der Waals surface area contributed by atoms with Gasteiger partial charge in [-0.1, -0.05) is 45.0 Å². The molecule has 0 radical (unpaired) electrons. The van der Waals surface area contributed by atoms with E-state index in [2.05, 4.69) is 36.2 Å². The number of aromatic nitrogens is 4. The minimum Gasteiger partial charge on any atom is -0.268 e. The maximum atomic E-state index is 13.1. The quantitative estimate of drug-likeness (QED) is 0.574. The van der Waals surface area contributed by atoms with Crippen LogP contribution in [0.15, 0.2) is 53.3 Å². The largest absolute Gasteiger partial charge is 0.268 e. The summed E-state index contributed by atoms with van der Waals surface area (Å²) in [6.45, 7) is 6.35. The highest BCUT2D eigenvalue weighted by Crippen LogP contribution is 2.20. The molecular formula is C20H20N4O. The summed E-state index contributed by atoms with van der Waals surface area (Å²) in [4.78, 5) is 13.1. The Kier molecular flexibility index (Phi) is 3.64. The number of fused-ring (bicyclic) bond motifs is 3. The van der Waals surface area contributed by atoms with Crippen LogP contribution in [-0.2, 0) is 6.42 Å². The molecule has 0 bridgehead atoms. The molecular weight excluding hydrogens is 312 g/mol. The molecule has 0 fully saturated rings. The molecule has 4 rings (SSSR count). The average molecular weight is 332 g/mol. The van der Waals surface area contributed by atoms with Crippen LogP contribution in [0.1, 0.15) is 38.1 Å². The van der Waals surface area contributed by atoms with Gasteiger partial charge in [0.05, 0.1) is 16.6 Å². The van der Waals surface area contributed by atoms with E-state index in [1.165, 1.54) is 5.56 Å². The first-order valence-electron chi connectivity index (χ1n) is 8.60. The second-order valence-corrected chi connectivity index (χ2v) is 6.51. The summed E-state index contributed by atoms with van der Waals surface area (Å²) in [5.74, 6) is 1.85. The zero-order valence-corrected chi connectivity index (χ0v) is 14.6. The van der Waals surface area contributed by atoms with Crippen molar-refractivity contribution in [1.82, 2.24) is 19.2 Å². The Morgan fingerprint density at radius 2 is 1.72 bits per heavy atom. The Morgan fingerprint density at radius 1 is 1.00 bits per heavy atom. The number of benzene rings is 2. The van der Waals surface area contributed by atoms with E-state index in [4.69, 9.17) is 0 Å². The molecule has 2 aromatic carbocycles. The second kappa shape index (κ2) is 5.84. The zero-order chi connectivity index (χ0) is 17.6. The summed E-state index contributed by atoms with van der Waals surface area (Å²) in [5, 5.41) is 9.26. The molecule has 0 aliphatic heterocycles. The molecule has 2 heterocycles. The Bertz CT molecular complexity index is 1120. The van der Waals surface area contributed by atoms with Crippen LogP contribution in [0.25, 0.3) is 22.4 Å². The van der Waals surface area contributed by atoms with Crippen LogP contribution in [0.3, 0.4) is 0 Å². The lowest BCUT2D eigenvalue weighted by Gasteiger charge is -2.12. The van der Waals surface area contributed by atoms with Crippen molar-refractivity contribution in [1.29, 1.82) is 0 Å². The predicted molar refractivity (Wildman–Crippen MR) is 99.6 cm³/mol. The monoisotopic (exact) mass is 332 g/mol. The smallest absolute Gasteiger partial charge is 0.267 e. The molecule has 0 aliphatic rings. The number of para-hydroxylation sites is 1. The third kappa shape index (κ3) is 2.35. The van der Waals surface area contributed by atoms with Gasteiger partial charge in [0.1, 0.15) is 5.82 Å². The molecule has 0 unspecified atom stereocenters. The fourth-order valence-electron chi connectivity index (χ4n) is 3.23. The first kappa shape index (κ1) is 15.6. The van der Waals surface area contributed by atoms with Gasteiger partial charge in [-0.15, -0.1) is 10.2 Å². The third-order valence-corrected chi connectivity index (χ3v) is 4.63. The molecule has 0 amide bonds. The van der Waals surface area contributed by atoms with Gasteiger partial charge in [-0.25, -0.2) is 4.57 Å². The van der Waals surface area contributed by atoms with Crippen molar-refractivity contribution in [2.75, 3.05) is 0 Å². The minimum absolute atomic E-state index is 0.0737. The number of hydrogen-bond acceptors (Lipinski definition) is 3. The normalized spacial score (nSPS) is 11.7. The molecule has 0 spiro atoms. The number of hydrogen-bond donors (Lipinski definition) is 0. The molecule has 126 valence electrons. The van der Waals surface area contributed by atoms with Gasteiger partial charge in [0.15, 0.2) is 0 Å². The van der Waals surface area contributed by atoms with Crippen molar-refractivity contribution in [3.8, 4) is 5.69 Å². The third-order valence-electron chi connectivity index (χ3n) is 4.63. The maximum Gasteiger partial charge on any atom is 0.267 e. The lowest BCUT2D eigenvalue weighted by Crippen LogP contribution is -2.22. The van der Waals surface area contributed by atoms with E-state index in [0.717, 1.165) is 23.4 Å². The summed E-state index contributed by atoms with van der Waals surface area (Å²) in [6.07, 6.45) is 0.746. The van der Waals surface area contributed by atoms with Crippen LogP contribution in [0.2, 0.25) is 0 Å². The summed E-state index contributed by atoms with van der Waals surface area (Å²) < 4.78 is 3.63. The van der Waals surface area contributed by atoms with E-state index in [9.17, 15) is 4.79 Å². The molecule has 5 nitrogen and oxygen atoms in total. The zero-order valence-electron chi connectivity index (χ0n) is 14.6. The molecule has 5 heteroatoms. The highest BCUT2D eigenvalue weighted by molar-refractivity contribution is 5.81. The van der Waals surface area contributed by atoms with E-state index < -0.39 is 0 Å². The van der Waals surface area contributed by atoms with Crippen LogP contribution in [0, 0.1) is 0 Å². The number of nitrogens with zero attached hydrogens (tertiary/aromatic N) is 4. The van der Waals surface area contributed by atoms with Crippen molar-refractivity contribution >= 4 is 16.7 Å². The fourth-order valence-corrected chi connectivity index (χ4v) is 3.23. The van der Waals surface area contributed by atoms with Crippen molar-refractivity contribution in [2.24, 2.45) is 0 Å². The van der Waals surface area contributed by atoms with Gasteiger partial charge in [0, 0.05) is 6.42 Å². The van der Waals surface area contributed by atoms with Crippen LogP contribution in [0.5, 0.6) is 0 Å². The summed E-state index contributed by atoms with van der Waals surface area (Å²) in [6, 6.07) is 15.7. The van der Waals surface area contributed by atoms with Crippen molar-refractivity contribution in [3.63, 3.8) is 0 Å². The Hall–Kier alpha value is -2.95. The first-order valence-corrected chi connectivity index (χ1v) is 8.60. The molecule has 0 N–H and O–H groups in total.